The van der Waals surface area contributed by atoms with E-state index in [1.54, 1.807) is 11.3 Å². The normalized spacial score (nSPS) is 11.6. The minimum absolute atomic E-state index is 0.770. The predicted molar refractivity (Wildman–Crippen MR) is 117 cm³/mol. The average molecular weight is 396 g/mol. The van der Waals surface area contributed by atoms with Gasteiger partial charge in [-0.1, -0.05) is 17.7 Å². The maximum atomic E-state index is 6.29. The van der Waals surface area contributed by atoms with Crippen molar-refractivity contribution in [3.8, 4) is 22.3 Å². The van der Waals surface area contributed by atoms with Crippen molar-refractivity contribution >= 4 is 33.8 Å². The van der Waals surface area contributed by atoms with E-state index in [0.29, 0.717) is 0 Å². The molecule has 0 N–H and O–H groups in total. The fourth-order valence-electron chi connectivity index (χ4n) is 3.41. The van der Waals surface area contributed by atoms with Crippen LogP contribution in [0.15, 0.2) is 59.7 Å². The van der Waals surface area contributed by atoms with Gasteiger partial charge in [-0.3, -0.25) is 4.98 Å². The molecule has 138 valence electrons. The number of halogens is 1. The summed E-state index contributed by atoms with van der Waals surface area (Å²) in [6, 6.07) is 10.5. The molecule has 27 heavy (non-hydrogen) atoms. The van der Waals surface area contributed by atoms with Crippen LogP contribution < -0.4 is 0 Å². The molecule has 4 rings (SSSR count). The van der Waals surface area contributed by atoms with E-state index in [2.05, 4.69) is 69.8 Å². The maximum Gasteiger partial charge on any atom is 0.0501 e. The Balaban J connectivity index is 1.77. The number of aryl methyl sites for hydroxylation is 1. The number of hydrogen-bond donors (Lipinski definition) is 0. The Hall–Kier alpha value is -2.14. The van der Waals surface area contributed by atoms with Gasteiger partial charge in [-0.25, -0.2) is 0 Å². The van der Waals surface area contributed by atoms with Gasteiger partial charge in [0, 0.05) is 52.2 Å². The van der Waals surface area contributed by atoms with Gasteiger partial charge in [-0.15, -0.1) is 0 Å². The molecular weight excluding hydrogens is 374 g/mol. The minimum Gasteiger partial charge on any atom is -0.347 e. The molecule has 3 nitrogen and oxygen atoms in total. The molecule has 1 aromatic carbocycles. The third-order valence-electron chi connectivity index (χ3n) is 4.75. The first kappa shape index (κ1) is 18.2. The first-order valence-corrected chi connectivity index (χ1v) is 10.3. The molecule has 0 unspecified atom stereocenters. The molecule has 3 aromatic heterocycles. The van der Waals surface area contributed by atoms with Crippen molar-refractivity contribution in [3.05, 3.63) is 64.7 Å². The number of benzene rings is 1. The van der Waals surface area contributed by atoms with Crippen LogP contribution in [0.1, 0.15) is 6.42 Å². The Morgan fingerprint density at radius 1 is 1.07 bits per heavy atom. The Morgan fingerprint density at radius 2 is 1.93 bits per heavy atom. The second kappa shape index (κ2) is 7.85. The number of thiophene rings is 1. The van der Waals surface area contributed by atoms with Gasteiger partial charge in [0.05, 0.1) is 5.52 Å². The van der Waals surface area contributed by atoms with Crippen molar-refractivity contribution in [3.63, 3.8) is 0 Å². The molecule has 0 fully saturated rings. The van der Waals surface area contributed by atoms with E-state index in [4.69, 9.17) is 11.6 Å². The molecule has 4 aromatic rings. The number of hydrogen-bond acceptors (Lipinski definition) is 3. The van der Waals surface area contributed by atoms with Crippen LogP contribution in [0.3, 0.4) is 0 Å². The number of pyridine rings is 1. The molecule has 0 aliphatic heterocycles. The predicted octanol–water partition coefficient (Wildman–Crippen LogP) is 6.04. The van der Waals surface area contributed by atoms with E-state index in [0.717, 1.165) is 35.7 Å². The first-order valence-electron chi connectivity index (χ1n) is 9.03. The molecule has 5 heteroatoms. The van der Waals surface area contributed by atoms with Gasteiger partial charge in [0.15, 0.2) is 0 Å². The van der Waals surface area contributed by atoms with Crippen LogP contribution in [-0.4, -0.2) is 35.1 Å². The zero-order chi connectivity index (χ0) is 18.8. The fourth-order valence-corrected chi connectivity index (χ4v) is 4.24. The highest BCUT2D eigenvalue weighted by atomic mass is 35.5. The summed E-state index contributed by atoms with van der Waals surface area (Å²) in [6.07, 6.45) is 7.21. The Bertz CT molecular complexity index is 1050. The summed E-state index contributed by atoms with van der Waals surface area (Å²) >= 11 is 8.00. The number of rotatable bonds is 6. The average Bonchev–Trinajstić information content (AvgIpc) is 3.30. The minimum atomic E-state index is 0.770. The first-order chi connectivity index (χ1) is 13.1. The highest BCUT2D eigenvalue weighted by molar-refractivity contribution is 7.08. The molecular formula is C22H22ClN3S. The van der Waals surface area contributed by atoms with Gasteiger partial charge in [0.1, 0.15) is 0 Å². The number of fused-ring (bicyclic) bond motifs is 1. The van der Waals surface area contributed by atoms with Crippen LogP contribution in [-0.2, 0) is 6.54 Å². The molecule has 0 saturated heterocycles. The molecule has 0 radical (unpaired) electrons. The summed E-state index contributed by atoms with van der Waals surface area (Å²) < 4.78 is 2.32. The van der Waals surface area contributed by atoms with Gasteiger partial charge in [0.25, 0.3) is 0 Å². The van der Waals surface area contributed by atoms with Gasteiger partial charge in [0.2, 0.25) is 0 Å². The maximum absolute atomic E-state index is 6.29. The van der Waals surface area contributed by atoms with Crippen molar-refractivity contribution in [1.29, 1.82) is 0 Å². The van der Waals surface area contributed by atoms with E-state index < -0.39 is 0 Å². The van der Waals surface area contributed by atoms with Crippen LogP contribution in [0.4, 0.5) is 0 Å². The largest absolute Gasteiger partial charge is 0.347 e. The molecule has 0 amide bonds. The Morgan fingerprint density at radius 3 is 2.70 bits per heavy atom. The summed E-state index contributed by atoms with van der Waals surface area (Å²) in [6.45, 7) is 2.03. The van der Waals surface area contributed by atoms with Crippen molar-refractivity contribution in [2.24, 2.45) is 0 Å². The molecule has 0 spiro atoms. The van der Waals surface area contributed by atoms with Crippen molar-refractivity contribution < 1.29 is 0 Å². The third kappa shape index (κ3) is 3.93. The van der Waals surface area contributed by atoms with Gasteiger partial charge in [-0.05, 0) is 67.6 Å². The zero-order valence-electron chi connectivity index (χ0n) is 15.5. The van der Waals surface area contributed by atoms with Crippen LogP contribution >= 0.6 is 22.9 Å². The van der Waals surface area contributed by atoms with Crippen LogP contribution in [0.5, 0.6) is 0 Å². The van der Waals surface area contributed by atoms with E-state index >= 15 is 0 Å². The van der Waals surface area contributed by atoms with Crippen LogP contribution in [0, 0.1) is 0 Å². The molecule has 3 heterocycles. The molecule has 0 aliphatic rings. The monoisotopic (exact) mass is 395 g/mol. The lowest BCUT2D eigenvalue weighted by molar-refractivity contribution is 0.388. The Kier molecular flexibility index (Phi) is 5.30. The van der Waals surface area contributed by atoms with Crippen molar-refractivity contribution in [2.45, 2.75) is 13.0 Å². The van der Waals surface area contributed by atoms with E-state index in [9.17, 15) is 0 Å². The highest BCUT2D eigenvalue weighted by Crippen LogP contribution is 2.34. The Labute approximate surface area is 168 Å². The lowest BCUT2D eigenvalue weighted by atomic mass is 10.0. The van der Waals surface area contributed by atoms with E-state index in [-0.39, 0.29) is 0 Å². The molecule has 0 bridgehead atoms. The van der Waals surface area contributed by atoms with Gasteiger partial charge < -0.3 is 9.47 Å². The summed E-state index contributed by atoms with van der Waals surface area (Å²) in [7, 11) is 4.22. The smallest absolute Gasteiger partial charge is 0.0501 e. The standard InChI is InChI=1S/C22H22ClN3S/c1-25(2)7-3-8-26-14-21(20-5-4-19(23)11-22(20)26)18-10-17(12-24-13-18)16-6-9-27-15-16/h4-6,9-15H,3,7-8H2,1-2H3. The summed E-state index contributed by atoms with van der Waals surface area (Å²) in [5.74, 6) is 0. The van der Waals surface area contributed by atoms with Gasteiger partial charge in [-0.2, -0.15) is 11.3 Å². The summed E-state index contributed by atoms with van der Waals surface area (Å²) in [5, 5.41) is 6.24. The van der Waals surface area contributed by atoms with E-state index in [1.807, 2.05) is 18.5 Å². The second-order valence-corrected chi connectivity index (χ2v) is 8.25. The summed E-state index contributed by atoms with van der Waals surface area (Å²) in [4.78, 5) is 6.71. The lowest BCUT2D eigenvalue weighted by Gasteiger charge is -2.10. The highest BCUT2D eigenvalue weighted by Gasteiger charge is 2.12. The van der Waals surface area contributed by atoms with Crippen molar-refractivity contribution in [1.82, 2.24) is 14.5 Å². The van der Waals surface area contributed by atoms with E-state index in [1.165, 1.54) is 22.0 Å². The molecule has 0 aliphatic carbocycles. The molecule has 0 saturated carbocycles. The topological polar surface area (TPSA) is 21.1 Å². The lowest BCUT2D eigenvalue weighted by Crippen LogP contribution is -2.14. The zero-order valence-corrected chi connectivity index (χ0v) is 17.1. The van der Waals surface area contributed by atoms with Crippen LogP contribution in [0.2, 0.25) is 5.02 Å². The quantitative estimate of drug-likeness (QED) is 0.397. The third-order valence-corrected chi connectivity index (χ3v) is 5.67. The van der Waals surface area contributed by atoms with Crippen molar-refractivity contribution in [2.75, 3.05) is 20.6 Å². The van der Waals surface area contributed by atoms with Gasteiger partial charge >= 0.3 is 0 Å². The molecule has 0 atom stereocenters. The van der Waals surface area contributed by atoms with Crippen LogP contribution in [0.25, 0.3) is 33.2 Å². The second-order valence-electron chi connectivity index (χ2n) is 7.03. The fraction of sp³-hybridized carbons (Fsp3) is 0.227. The number of aromatic nitrogens is 2. The number of nitrogens with zero attached hydrogens (tertiary/aromatic N) is 3. The SMILES string of the molecule is CN(C)CCCn1cc(-c2cncc(-c3ccsc3)c2)c2ccc(Cl)cc21. The summed E-state index contributed by atoms with van der Waals surface area (Å²) in [5.41, 5.74) is 5.88.